The maximum Gasteiger partial charge on any atom is 0.328 e. The lowest BCUT2D eigenvalue weighted by atomic mass is 9.77. The van der Waals surface area contributed by atoms with Gasteiger partial charge < -0.3 is 5.11 Å². The lowest BCUT2D eigenvalue weighted by molar-refractivity contribution is -0.131. The van der Waals surface area contributed by atoms with Gasteiger partial charge in [-0.05, 0) is 54.7 Å². The summed E-state index contributed by atoms with van der Waals surface area (Å²) in [6, 6.07) is 8.42. The van der Waals surface area contributed by atoms with E-state index in [0.717, 1.165) is 11.5 Å². The third kappa shape index (κ3) is 6.21. The number of unbranched alkanes of at least 4 members (excludes halogenated alkanes) is 3. The zero-order valence-electron chi connectivity index (χ0n) is 14.3. The smallest absolute Gasteiger partial charge is 0.328 e. The van der Waals surface area contributed by atoms with Gasteiger partial charge in [-0.15, -0.1) is 0 Å². The molecule has 1 aliphatic rings. The Morgan fingerprint density at radius 1 is 1.09 bits per heavy atom. The van der Waals surface area contributed by atoms with Gasteiger partial charge in [0.1, 0.15) is 0 Å². The molecule has 1 fully saturated rings. The van der Waals surface area contributed by atoms with E-state index < -0.39 is 5.97 Å². The molecule has 0 radical (unpaired) electrons. The molecule has 126 valence electrons. The molecule has 1 aliphatic carbocycles. The van der Waals surface area contributed by atoms with Crippen LogP contribution in [0.1, 0.15) is 81.8 Å². The Morgan fingerprint density at radius 2 is 1.78 bits per heavy atom. The number of carboxylic acids is 1. The molecule has 1 aromatic carbocycles. The molecular formula is C21H30O2. The molecule has 0 aliphatic heterocycles. The lowest BCUT2D eigenvalue weighted by Crippen LogP contribution is -2.13. The van der Waals surface area contributed by atoms with Crippen molar-refractivity contribution >= 4 is 12.0 Å². The summed E-state index contributed by atoms with van der Waals surface area (Å²) in [7, 11) is 0. The standard InChI is InChI=1S/C21H30O2/c1-2-3-4-5-6-17-7-12-19(13-8-17)20-14-9-18(10-15-20)11-16-21(22)23/h9-11,14-17,19H,2-8,12-13H2,1H3,(H,22,23)/b16-11+. The van der Waals surface area contributed by atoms with Crippen molar-refractivity contribution in [3.63, 3.8) is 0 Å². The molecule has 1 saturated carbocycles. The summed E-state index contributed by atoms with van der Waals surface area (Å²) in [5.41, 5.74) is 2.38. The molecule has 2 heteroatoms. The van der Waals surface area contributed by atoms with Crippen LogP contribution in [0.25, 0.3) is 6.08 Å². The molecule has 23 heavy (non-hydrogen) atoms. The second-order valence-electron chi connectivity index (χ2n) is 6.91. The van der Waals surface area contributed by atoms with Crippen LogP contribution in [0, 0.1) is 5.92 Å². The van der Waals surface area contributed by atoms with E-state index >= 15 is 0 Å². The topological polar surface area (TPSA) is 37.3 Å². The summed E-state index contributed by atoms with van der Waals surface area (Å²) in [6.07, 6.45) is 15.2. The third-order valence-corrected chi connectivity index (χ3v) is 5.14. The van der Waals surface area contributed by atoms with Crippen LogP contribution >= 0.6 is 0 Å². The van der Waals surface area contributed by atoms with Gasteiger partial charge >= 0.3 is 5.97 Å². The van der Waals surface area contributed by atoms with Gasteiger partial charge in [0.2, 0.25) is 0 Å². The minimum atomic E-state index is -0.897. The molecular weight excluding hydrogens is 284 g/mol. The number of hydrogen-bond acceptors (Lipinski definition) is 1. The van der Waals surface area contributed by atoms with Crippen molar-refractivity contribution in [2.24, 2.45) is 5.92 Å². The summed E-state index contributed by atoms with van der Waals surface area (Å²) >= 11 is 0. The predicted molar refractivity (Wildman–Crippen MR) is 96.6 cm³/mol. The quantitative estimate of drug-likeness (QED) is 0.470. The van der Waals surface area contributed by atoms with Gasteiger partial charge in [-0.2, -0.15) is 0 Å². The van der Waals surface area contributed by atoms with Crippen LogP contribution in [-0.2, 0) is 4.79 Å². The van der Waals surface area contributed by atoms with E-state index in [4.69, 9.17) is 5.11 Å². The maximum absolute atomic E-state index is 10.5. The summed E-state index contributed by atoms with van der Waals surface area (Å²) in [4.78, 5) is 10.5. The van der Waals surface area contributed by atoms with Crippen molar-refractivity contribution < 1.29 is 9.90 Å². The molecule has 0 saturated heterocycles. The molecule has 0 aromatic heterocycles. The SMILES string of the molecule is CCCCCCC1CCC(c2ccc(/C=C/C(=O)O)cc2)CC1. The Hall–Kier alpha value is -1.57. The first-order valence-corrected chi connectivity index (χ1v) is 9.20. The van der Waals surface area contributed by atoms with Gasteiger partial charge in [0.05, 0.1) is 0 Å². The number of benzene rings is 1. The fourth-order valence-electron chi connectivity index (χ4n) is 3.69. The van der Waals surface area contributed by atoms with Gasteiger partial charge in [-0.3, -0.25) is 0 Å². The summed E-state index contributed by atoms with van der Waals surface area (Å²) in [5.74, 6) is 0.742. The zero-order valence-corrected chi connectivity index (χ0v) is 14.3. The van der Waals surface area contributed by atoms with E-state index in [1.54, 1.807) is 6.08 Å². The van der Waals surface area contributed by atoms with Crippen LogP contribution in [0.15, 0.2) is 30.3 Å². The van der Waals surface area contributed by atoms with Crippen molar-refractivity contribution in [3.8, 4) is 0 Å². The average molecular weight is 314 g/mol. The van der Waals surface area contributed by atoms with Gasteiger partial charge in [-0.25, -0.2) is 4.79 Å². The predicted octanol–water partition coefficient (Wildman–Crippen LogP) is 6.03. The van der Waals surface area contributed by atoms with Crippen LogP contribution in [0.3, 0.4) is 0 Å². The molecule has 2 rings (SSSR count). The minimum absolute atomic E-state index is 0.694. The van der Waals surface area contributed by atoms with E-state index in [0.29, 0.717) is 5.92 Å². The monoisotopic (exact) mass is 314 g/mol. The number of aliphatic carboxylic acids is 1. The normalized spacial score (nSPS) is 21.6. The first kappa shape index (κ1) is 17.8. The van der Waals surface area contributed by atoms with Crippen molar-refractivity contribution in [3.05, 3.63) is 41.5 Å². The van der Waals surface area contributed by atoms with Crippen molar-refractivity contribution in [2.45, 2.75) is 70.6 Å². The van der Waals surface area contributed by atoms with Crippen molar-refractivity contribution in [1.82, 2.24) is 0 Å². The number of carboxylic acid groups (broad SMARTS) is 1. The molecule has 0 amide bonds. The highest BCUT2D eigenvalue weighted by atomic mass is 16.4. The highest BCUT2D eigenvalue weighted by Gasteiger charge is 2.21. The van der Waals surface area contributed by atoms with Crippen molar-refractivity contribution in [2.75, 3.05) is 0 Å². The maximum atomic E-state index is 10.5. The van der Waals surface area contributed by atoms with Gasteiger partial charge in [0.15, 0.2) is 0 Å². The molecule has 0 spiro atoms. The fraction of sp³-hybridized carbons (Fsp3) is 0.571. The van der Waals surface area contributed by atoms with Crippen LogP contribution in [-0.4, -0.2) is 11.1 Å². The zero-order chi connectivity index (χ0) is 16.5. The number of carbonyl (C=O) groups is 1. The van der Waals surface area contributed by atoms with Crippen LogP contribution < -0.4 is 0 Å². The van der Waals surface area contributed by atoms with E-state index in [-0.39, 0.29) is 0 Å². The molecule has 1 N–H and O–H groups in total. The second-order valence-corrected chi connectivity index (χ2v) is 6.91. The largest absolute Gasteiger partial charge is 0.478 e. The highest BCUT2D eigenvalue weighted by Crippen LogP contribution is 2.37. The highest BCUT2D eigenvalue weighted by molar-refractivity contribution is 5.85. The Kier molecular flexibility index (Phi) is 7.38. The Bertz CT molecular complexity index is 493. The molecule has 0 atom stereocenters. The first-order chi connectivity index (χ1) is 11.2. The van der Waals surface area contributed by atoms with Crippen LogP contribution in [0.5, 0.6) is 0 Å². The average Bonchev–Trinajstić information content (AvgIpc) is 2.58. The van der Waals surface area contributed by atoms with E-state index in [1.807, 2.05) is 12.1 Å². The van der Waals surface area contributed by atoms with Crippen LogP contribution in [0.2, 0.25) is 0 Å². The number of rotatable bonds is 8. The first-order valence-electron chi connectivity index (χ1n) is 9.20. The number of hydrogen-bond donors (Lipinski definition) is 1. The van der Waals surface area contributed by atoms with Gasteiger partial charge in [0.25, 0.3) is 0 Å². The molecule has 0 unspecified atom stereocenters. The Balaban J connectivity index is 1.77. The van der Waals surface area contributed by atoms with Gasteiger partial charge in [0, 0.05) is 6.08 Å². The molecule has 2 nitrogen and oxygen atoms in total. The van der Waals surface area contributed by atoms with Crippen LogP contribution in [0.4, 0.5) is 0 Å². The third-order valence-electron chi connectivity index (χ3n) is 5.14. The lowest BCUT2D eigenvalue weighted by Gasteiger charge is -2.29. The van der Waals surface area contributed by atoms with Crippen molar-refractivity contribution in [1.29, 1.82) is 0 Å². The summed E-state index contributed by atoms with van der Waals surface area (Å²) in [6.45, 7) is 2.27. The summed E-state index contributed by atoms with van der Waals surface area (Å²) < 4.78 is 0. The second kappa shape index (κ2) is 9.54. The Morgan fingerprint density at radius 3 is 2.39 bits per heavy atom. The molecule has 0 heterocycles. The fourth-order valence-corrected chi connectivity index (χ4v) is 3.69. The van der Waals surface area contributed by atoms with E-state index in [1.165, 1.54) is 69.4 Å². The Labute approximate surface area is 140 Å². The van der Waals surface area contributed by atoms with Gasteiger partial charge in [-0.1, -0.05) is 63.3 Å². The molecule has 0 bridgehead atoms. The van der Waals surface area contributed by atoms with E-state index in [2.05, 4.69) is 19.1 Å². The minimum Gasteiger partial charge on any atom is -0.478 e. The molecule has 1 aromatic rings. The van der Waals surface area contributed by atoms with E-state index in [9.17, 15) is 4.79 Å². The summed E-state index contributed by atoms with van der Waals surface area (Å²) in [5, 5.41) is 8.66.